The summed E-state index contributed by atoms with van der Waals surface area (Å²) in [7, 11) is 0. The average Bonchev–Trinajstić information content (AvgIpc) is 3.34. The molecule has 0 fully saturated rings. The molecule has 0 unspecified atom stereocenters. The highest BCUT2D eigenvalue weighted by Gasteiger charge is 2.38. The van der Waals surface area contributed by atoms with Crippen molar-refractivity contribution in [2.24, 2.45) is 0 Å². The summed E-state index contributed by atoms with van der Waals surface area (Å²) in [5.41, 5.74) is 3.40. The zero-order valence-electron chi connectivity index (χ0n) is 20.7. The number of alkyl halides is 6. The van der Waals surface area contributed by atoms with Crippen LogP contribution in [0.1, 0.15) is 42.4 Å². The fourth-order valence-corrected chi connectivity index (χ4v) is 3.20. The van der Waals surface area contributed by atoms with Crippen LogP contribution in [-0.2, 0) is 35.8 Å². The van der Waals surface area contributed by atoms with Crippen LogP contribution >= 0.6 is 0 Å². The third-order valence-corrected chi connectivity index (χ3v) is 5.26. The molecule has 2 aromatic heterocycles. The van der Waals surface area contributed by atoms with Gasteiger partial charge in [-0.1, -0.05) is 19.0 Å². The first-order valence-corrected chi connectivity index (χ1v) is 11.0. The monoisotopic (exact) mass is 545 g/mol. The van der Waals surface area contributed by atoms with E-state index in [0.717, 1.165) is 57.3 Å². The topological polar surface area (TPSA) is 125 Å². The summed E-state index contributed by atoms with van der Waals surface area (Å²) in [6, 6.07) is 0. The Bertz CT molecular complexity index is 987. The molecule has 210 valence electrons. The minimum absolute atomic E-state index is 0.888. The maximum absolute atomic E-state index is 10.6. The van der Waals surface area contributed by atoms with E-state index >= 15 is 0 Å². The molecule has 37 heavy (non-hydrogen) atoms. The largest absolute Gasteiger partial charge is 0.490 e. The average molecular weight is 545 g/mol. The van der Waals surface area contributed by atoms with Gasteiger partial charge in [0.15, 0.2) is 0 Å². The molecule has 0 amide bonds. The van der Waals surface area contributed by atoms with Crippen molar-refractivity contribution in [3.05, 3.63) is 34.7 Å². The number of aromatic nitrogens is 3. The fourth-order valence-electron chi connectivity index (χ4n) is 3.20. The summed E-state index contributed by atoms with van der Waals surface area (Å²) in [5.74, 6) is -3.41. The van der Waals surface area contributed by atoms with Gasteiger partial charge in [0.05, 0.1) is 17.9 Å². The molecule has 10 nitrogen and oxygen atoms in total. The van der Waals surface area contributed by atoms with Crippen molar-refractivity contribution in [1.82, 2.24) is 24.5 Å². The number of hydrogen-bond acceptors (Lipinski definition) is 7. The first-order valence-electron chi connectivity index (χ1n) is 11.0. The molecule has 0 aromatic carbocycles. The van der Waals surface area contributed by atoms with Gasteiger partial charge in [-0.2, -0.15) is 26.3 Å². The van der Waals surface area contributed by atoms with Crippen molar-refractivity contribution in [2.45, 2.75) is 66.2 Å². The molecule has 1 aliphatic heterocycles. The molecule has 0 atom stereocenters. The van der Waals surface area contributed by atoms with Crippen LogP contribution in [0.3, 0.4) is 0 Å². The highest BCUT2D eigenvalue weighted by Crippen LogP contribution is 2.20. The van der Waals surface area contributed by atoms with Crippen molar-refractivity contribution in [1.29, 1.82) is 0 Å². The summed E-state index contributed by atoms with van der Waals surface area (Å²) in [4.78, 5) is 27.5. The van der Waals surface area contributed by atoms with Gasteiger partial charge in [0.2, 0.25) is 0 Å². The Morgan fingerprint density at radius 1 is 1.03 bits per heavy atom. The minimum Gasteiger partial charge on any atom is -0.475 e. The molecule has 0 spiro atoms. The quantitative estimate of drug-likeness (QED) is 0.524. The predicted octanol–water partition coefficient (Wildman–Crippen LogP) is 3.61. The lowest BCUT2D eigenvalue weighted by molar-refractivity contribution is -0.193. The molecule has 0 radical (unpaired) electrons. The lowest BCUT2D eigenvalue weighted by atomic mass is 10.2. The van der Waals surface area contributed by atoms with Gasteiger partial charge >= 0.3 is 24.3 Å². The van der Waals surface area contributed by atoms with Crippen LogP contribution in [0.2, 0.25) is 0 Å². The normalized spacial score (nSPS) is 13.8. The third kappa shape index (κ3) is 10.4. The number of halogens is 6. The van der Waals surface area contributed by atoms with Crippen molar-refractivity contribution in [2.75, 3.05) is 19.6 Å². The molecular formula is C21H29F6N5O5. The van der Waals surface area contributed by atoms with E-state index in [0.29, 0.717) is 0 Å². The van der Waals surface area contributed by atoms with E-state index in [1.165, 1.54) is 17.1 Å². The number of aliphatic carboxylic acids is 2. The molecule has 0 aliphatic carbocycles. The van der Waals surface area contributed by atoms with Gasteiger partial charge in [-0.25, -0.2) is 14.6 Å². The molecule has 2 aromatic rings. The number of rotatable bonds is 6. The van der Waals surface area contributed by atoms with Gasteiger partial charge in [0.25, 0.3) is 0 Å². The molecule has 3 heterocycles. The second-order valence-corrected chi connectivity index (χ2v) is 7.92. The summed E-state index contributed by atoms with van der Waals surface area (Å²) in [5, 5.41) is 18.3. The summed E-state index contributed by atoms with van der Waals surface area (Å²) < 4.78 is 71.1. The van der Waals surface area contributed by atoms with Crippen molar-refractivity contribution in [3.8, 4) is 0 Å². The molecule has 2 N–H and O–H groups in total. The molecule has 0 bridgehead atoms. The molecule has 3 rings (SSSR count). The smallest absolute Gasteiger partial charge is 0.475 e. The van der Waals surface area contributed by atoms with Crippen LogP contribution in [-0.4, -0.2) is 78.6 Å². The maximum Gasteiger partial charge on any atom is 0.490 e. The Morgan fingerprint density at radius 2 is 1.54 bits per heavy atom. The summed E-state index contributed by atoms with van der Waals surface area (Å²) in [6.07, 6.45) is -7.94. The number of carboxylic acids is 2. The summed E-state index contributed by atoms with van der Waals surface area (Å²) in [6.45, 7) is 15.3. The molecular weight excluding hydrogens is 516 g/mol. The zero-order valence-corrected chi connectivity index (χ0v) is 20.7. The van der Waals surface area contributed by atoms with Crippen LogP contribution in [0, 0.1) is 13.8 Å². The van der Waals surface area contributed by atoms with E-state index in [1.807, 2.05) is 13.8 Å². The second kappa shape index (κ2) is 13.4. The van der Waals surface area contributed by atoms with Crippen LogP contribution < -0.4 is 0 Å². The highest BCUT2D eigenvalue weighted by molar-refractivity contribution is 5.73. The van der Waals surface area contributed by atoms with Gasteiger partial charge in [-0.15, -0.1) is 0 Å². The first-order chi connectivity index (χ1) is 17.0. The molecule has 0 saturated heterocycles. The molecule has 16 heteroatoms. The lowest BCUT2D eigenvalue weighted by Crippen LogP contribution is -2.33. The van der Waals surface area contributed by atoms with Gasteiger partial charge in [0, 0.05) is 37.9 Å². The van der Waals surface area contributed by atoms with E-state index in [4.69, 9.17) is 29.3 Å². The van der Waals surface area contributed by atoms with Gasteiger partial charge in [0.1, 0.15) is 11.6 Å². The van der Waals surface area contributed by atoms with Crippen LogP contribution in [0.5, 0.6) is 0 Å². The number of fused-ring (bicyclic) bond motifs is 1. The Kier molecular flexibility index (Phi) is 11.6. The highest BCUT2D eigenvalue weighted by atomic mass is 19.4. The van der Waals surface area contributed by atoms with Crippen LogP contribution in [0.25, 0.3) is 0 Å². The van der Waals surface area contributed by atoms with Crippen LogP contribution in [0.4, 0.5) is 26.3 Å². The van der Waals surface area contributed by atoms with E-state index in [9.17, 15) is 26.3 Å². The van der Waals surface area contributed by atoms with E-state index < -0.39 is 24.3 Å². The van der Waals surface area contributed by atoms with Gasteiger partial charge < -0.3 is 19.3 Å². The van der Waals surface area contributed by atoms with Gasteiger partial charge in [-0.3, -0.25) is 9.80 Å². The summed E-state index contributed by atoms with van der Waals surface area (Å²) >= 11 is 0. The standard InChI is InChI=1S/C17H27N5O.2C2HF3O2/c1-5-20(6-2)9-15-10-22-8-7-21(12-17(22)18-15)11-16-13(3)19-23-14(16)4;2*3-2(4,5)1(6)7/h10H,5-9,11-12H2,1-4H3;2*(H,6,7). The molecule has 1 aliphatic rings. The SMILES string of the molecule is CCN(CC)Cc1cn2c(n1)CN(Cc1c(C)noc1C)CC2.O=C(O)C(F)(F)F.O=C(O)C(F)(F)F. The molecule has 0 saturated carbocycles. The minimum atomic E-state index is -5.08. The Morgan fingerprint density at radius 3 is 1.95 bits per heavy atom. The third-order valence-electron chi connectivity index (χ3n) is 5.26. The van der Waals surface area contributed by atoms with Crippen molar-refractivity contribution < 1.29 is 50.7 Å². The number of hydrogen-bond donors (Lipinski definition) is 2. The zero-order chi connectivity index (χ0) is 28.6. The fraction of sp³-hybridized carbons (Fsp3) is 0.619. The number of aryl methyl sites for hydroxylation is 2. The van der Waals surface area contributed by atoms with Crippen LogP contribution in [0.15, 0.2) is 10.7 Å². The van der Waals surface area contributed by atoms with Crippen molar-refractivity contribution in [3.63, 3.8) is 0 Å². The maximum atomic E-state index is 10.6. The number of carbonyl (C=O) groups is 2. The Labute approximate surface area is 208 Å². The predicted molar refractivity (Wildman–Crippen MR) is 116 cm³/mol. The van der Waals surface area contributed by atoms with E-state index in [-0.39, 0.29) is 0 Å². The van der Waals surface area contributed by atoms with Crippen molar-refractivity contribution >= 4 is 11.9 Å². The number of carboxylic acid groups (broad SMARTS) is 2. The second-order valence-electron chi connectivity index (χ2n) is 7.92. The van der Waals surface area contributed by atoms with Gasteiger partial charge in [-0.05, 0) is 26.9 Å². The number of nitrogens with zero attached hydrogens (tertiary/aromatic N) is 5. The first kappa shape index (κ1) is 31.9. The van der Waals surface area contributed by atoms with E-state index in [1.54, 1.807) is 0 Å². The van der Waals surface area contributed by atoms with E-state index in [2.05, 4.69) is 39.6 Å². The lowest BCUT2D eigenvalue weighted by Gasteiger charge is -2.27. The Balaban J connectivity index is 0.000000404. The Hall–Kier alpha value is -3.14. The number of imidazole rings is 1.